The quantitative estimate of drug-likeness (QED) is 0.238. The molecule has 0 spiro atoms. The summed E-state index contributed by atoms with van der Waals surface area (Å²) in [6, 6.07) is 13.1. The van der Waals surface area contributed by atoms with E-state index in [9.17, 15) is 18.4 Å². The van der Waals surface area contributed by atoms with E-state index in [0.29, 0.717) is 13.2 Å². The summed E-state index contributed by atoms with van der Waals surface area (Å²) < 4.78 is 45.9. The van der Waals surface area contributed by atoms with Gasteiger partial charge >= 0.3 is 0 Å². The number of amides is 2. The van der Waals surface area contributed by atoms with E-state index in [-0.39, 0.29) is 39.8 Å². The van der Waals surface area contributed by atoms with E-state index in [0.717, 1.165) is 25.7 Å². The molecule has 0 atom stereocenters. The van der Waals surface area contributed by atoms with Crippen molar-refractivity contribution in [3.8, 4) is 17.2 Å². The Bertz CT molecular complexity index is 1270. The van der Waals surface area contributed by atoms with Gasteiger partial charge in [-0.1, -0.05) is 38.8 Å². The lowest BCUT2D eigenvalue weighted by Crippen LogP contribution is -2.18. The first-order valence-electron chi connectivity index (χ1n) is 12.5. The molecule has 0 aliphatic carbocycles. The van der Waals surface area contributed by atoms with Crippen LogP contribution in [0.4, 0.5) is 20.2 Å². The van der Waals surface area contributed by atoms with Crippen molar-refractivity contribution in [3.05, 3.63) is 77.4 Å². The molecule has 0 aliphatic heterocycles. The molecule has 7 nitrogen and oxygen atoms in total. The average molecular weight is 527 g/mol. The second-order valence-corrected chi connectivity index (χ2v) is 8.46. The maximum absolute atomic E-state index is 14.9. The molecule has 0 saturated heterocycles. The molecular weight excluding hydrogens is 494 g/mol. The Morgan fingerprint density at radius 3 is 1.76 bits per heavy atom. The lowest BCUT2D eigenvalue weighted by Gasteiger charge is -2.14. The minimum absolute atomic E-state index is 0.00558. The molecule has 0 saturated carbocycles. The van der Waals surface area contributed by atoms with Crippen molar-refractivity contribution in [2.45, 2.75) is 39.5 Å². The van der Waals surface area contributed by atoms with Crippen molar-refractivity contribution < 1.29 is 32.6 Å². The van der Waals surface area contributed by atoms with Gasteiger partial charge in [0.2, 0.25) is 0 Å². The van der Waals surface area contributed by atoms with Gasteiger partial charge in [-0.2, -0.15) is 0 Å². The number of nitrogens with one attached hydrogen (secondary N) is 2. The van der Waals surface area contributed by atoms with Gasteiger partial charge in [-0.3, -0.25) is 9.59 Å². The summed E-state index contributed by atoms with van der Waals surface area (Å²) >= 11 is 0. The monoisotopic (exact) mass is 526 g/mol. The van der Waals surface area contributed by atoms with E-state index in [1.54, 1.807) is 12.1 Å². The molecule has 3 rings (SSSR count). The minimum atomic E-state index is -0.707. The highest BCUT2D eigenvalue weighted by molar-refractivity contribution is 6.10. The molecule has 3 aromatic carbocycles. The summed E-state index contributed by atoms with van der Waals surface area (Å²) in [6.07, 6.45) is 3.33. The highest BCUT2D eigenvalue weighted by Gasteiger charge is 2.20. The van der Waals surface area contributed by atoms with Crippen LogP contribution in [0.15, 0.2) is 54.6 Å². The smallest absolute Gasteiger partial charge is 0.259 e. The number of benzene rings is 3. The molecule has 0 aliphatic rings. The third kappa shape index (κ3) is 7.21. The normalized spacial score (nSPS) is 10.6. The Labute approximate surface area is 221 Å². The van der Waals surface area contributed by atoms with Gasteiger partial charge in [0.05, 0.1) is 37.3 Å². The molecule has 0 fully saturated rings. The zero-order valence-corrected chi connectivity index (χ0v) is 21.7. The molecule has 3 aromatic rings. The van der Waals surface area contributed by atoms with Crippen LogP contribution in [-0.2, 0) is 0 Å². The summed E-state index contributed by atoms with van der Waals surface area (Å²) in [5.41, 5.74) is -0.0746. The fourth-order valence-corrected chi connectivity index (χ4v) is 3.50. The number of ether oxygens (including phenoxy) is 3. The SMILES string of the molecule is CCCCOc1cccc(NC(=O)c2ccc(OC)c(C(=O)Nc3cccc(OCCCC)c3F)c2)c1F. The fourth-order valence-electron chi connectivity index (χ4n) is 3.50. The van der Waals surface area contributed by atoms with E-state index >= 15 is 0 Å². The van der Waals surface area contributed by atoms with Gasteiger partial charge in [0.25, 0.3) is 11.8 Å². The van der Waals surface area contributed by atoms with Gasteiger partial charge in [0, 0.05) is 5.56 Å². The van der Waals surface area contributed by atoms with Gasteiger partial charge in [0.15, 0.2) is 23.1 Å². The third-order valence-corrected chi connectivity index (χ3v) is 5.64. The molecule has 202 valence electrons. The van der Waals surface area contributed by atoms with Crippen LogP contribution in [-0.4, -0.2) is 32.1 Å². The Kier molecular flexibility index (Phi) is 10.5. The van der Waals surface area contributed by atoms with E-state index in [1.165, 1.54) is 49.6 Å². The Morgan fingerprint density at radius 1 is 0.737 bits per heavy atom. The third-order valence-electron chi connectivity index (χ3n) is 5.64. The number of anilines is 2. The second kappa shape index (κ2) is 14.0. The minimum Gasteiger partial charge on any atom is -0.496 e. The molecule has 2 amide bonds. The van der Waals surface area contributed by atoms with Crippen LogP contribution >= 0.6 is 0 Å². The van der Waals surface area contributed by atoms with Gasteiger partial charge in [-0.15, -0.1) is 0 Å². The number of methoxy groups -OCH3 is 1. The maximum Gasteiger partial charge on any atom is 0.259 e. The first kappa shape index (κ1) is 28.4. The molecule has 2 N–H and O–H groups in total. The summed E-state index contributed by atoms with van der Waals surface area (Å²) in [4.78, 5) is 26.0. The molecule has 0 heterocycles. The van der Waals surface area contributed by atoms with Gasteiger partial charge in [0.1, 0.15) is 5.75 Å². The van der Waals surface area contributed by atoms with Crippen LogP contribution in [0.25, 0.3) is 0 Å². The van der Waals surface area contributed by atoms with Crippen LogP contribution in [0.2, 0.25) is 0 Å². The van der Waals surface area contributed by atoms with Gasteiger partial charge in [-0.25, -0.2) is 8.78 Å². The molecule has 9 heteroatoms. The Hall–Kier alpha value is -4.14. The summed E-state index contributed by atoms with van der Waals surface area (Å²) in [7, 11) is 1.37. The molecule has 38 heavy (non-hydrogen) atoms. The van der Waals surface area contributed by atoms with Crippen LogP contribution in [0.5, 0.6) is 17.2 Å². The van der Waals surface area contributed by atoms with Crippen LogP contribution < -0.4 is 24.8 Å². The van der Waals surface area contributed by atoms with Crippen molar-refractivity contribution >= 4 is 23.2 Å². The molecule has 0 bridgehead atoms. The lowest BCUT2D eigenvalue weighted by atomic mass is 10.1. The van der Waals surface area contributed by atoms with Crippen LogP contribution in [0, 0.1) is 11.6 Å². The molecule has 0 radical (unpaired) electrons. The van der Waals surface area contributed by atoms with Crippen molar-refractivity contribution in [2.75, 3.05) is 31.0 Å². The van der Waals surface area contributed by atoms with E-state index in [4.69, 9.17) is 14.2 Å². The standard InChI is InChI=1S/C29H32F2N2O5/c1-4-6-16-37-24-12-8-10-21(26(24)30)32-28(34)19-14-15-23(36-3)20(18-19)29(35)33-22-11-9-13-25(27(22)31)38-17-7-5-2/h8-15,18H,4-7,16-17H2,1-3H3,(H,32,34)(H,33,35). The Morgan fingerprint density at radius 2 is 1.26 bits per heavy atom. The molecule has 0 unspecified atom stereocenters. The van der Waals surface area contributed by atoms with Crippen molar-refractivity contribution in [2.24, 2.45) is 0 Å². The predicted octanol–water partition coefficient (Wildman–Crippen LogP) is 6.84. The number of rotatable bonds is 13. The average Bonchev–Trinajstić information content (AvgIpc) is 2.92. The highest BCUT2D eigenvalue weighted by atomic mass is 19.1. The Balaban J connectivity index is 1.79. The van der Waals surface area contributed by atoms with Crippen LogP contribution in [0.1, 0.15) is 60.2 Å². The molecule has 0 aromatic heterocycles. The summed E-state index contributed by atoms with van der Waals surface area (Å²) in [6.45, 7) is 4.70. The number of halogens is 2. The van der Waals surface area contributed by atoms with E-state index in [1.807, 2.05) is 13.8 Å². The fraction of sp³-hybridized carbons (Fsp3) is 0.310. The number of carbonyl (C=O) groups excluding carboxylic acids is 2. The maximum atomic E-state index is 14.9. The number of carbonyl (C=O) groups is 2. The van der Waals surface area contributed by atoms with Crippen molar-refractivity contribution in [1.29, 1.82) is 0 Å². The van der Waals surface area contributed by atoms with Gasteiger partial charge < -0.3 is 24.8 Å². The summed E-state index contributed by atoms with van der Waals surface area (Å²) in [5.74, 6) is -2.51. The topological polar surface area (TPSA) is 85.9 Å². The zero-order valence-electron chi connectivity index (χ0n) is 21.7. The van der Waals surface area contributed by atoms with E-state index in [2.05, 4.69) is 10.6 Å². The highest BCUT2D eigenvalue weighted by Crippen LogP contribution is 2.28. The first-order valence-corrected chi connectivity index (χ1v) is 12.5. The van der Waals surface area contributed by atoms with Crippen molar-refractivity contribution in [1.82, 2.24) is 0 Å². The van der Waals surface area contributed by atoms with Crippen molar-refractivity contribution in [3.63, 3.8) is 0 Å². The predicted molar refractivity (Wildman–Crippen MR) is 143 cm³/mol. The molecular formula is C29H32F2N2O5. The number of hydrogen-bond acceptors (Lipinski definition) is 5. The number of hydrogen-bond donors (Lipinski definition) is 2. The first-order chi connectivity index (χ1) is 18.4. The van der Waals surface area contributed by atoms with E-state index < -0.39 is 23.4 Å². The number of unbranched alkanes of at least 4 members (excludes halogenated alkanes) is 2. The largest absolute Gasteiger partial charge is 0.496 e. The van der Waals surface area contributed by atoms with Crippen LogP contribution in [0.3, 0.4) is 0 Å². The second-order valence-electron chi connectivity index (χ2n) is 8.46. The zero-order chi connectivity index (χ0) is 27.5. The lowest BCUT2D eigenvalue weighted by molar-refractivity contribution is 0.102. The summed E-state index contributed by atoms with van der Waals surface area (Å²) in [5, 5.41) is 5.02. The van der Waals surface area contributed by atoms with Gasteiger partial charge in [-0.05, 0) is 55.3 Å².